The molecule has 0 aromatic heterocycles. The minimum Gasteiger partial charge on any atom is -0.311 e. The van der Waals surface area contributed by atoms with E-state index in [1.54, 1.807) is 4.31 Å². The van der Waals surface area contributed by atoms with Crippen molar-refractivity contribution in [3.8, 4) is 0 Å². The van der Waals surface area contributed by atoms with Crippen LogP contribution in [-0.4, -0.2) is 43.6 Å². The Balaban J connectivity index is 1.81. The maximum atomic E-state index is 12.1. The number of piperidine rings is 1. The Labute approximate surface area is 130 Å². The number of hydrogen-bond donors (Lipinski definition) is 1. The second-order valence-electron chi connectivity index (χ2n) is 6.72. The van der Waals surface area contributed by atoms with Gasteiger partial charge in [-0.05, 0) is 38.0 Å². The molecule has 2 unspecified atom stereocenters. The Bertz CT molecular complexity index is 403. The highest BCUT2D eigenvalue weighted by Crippen LogP contribution is 2.28. The minimum atomic E-state index is -3.00. The zero-order valence-corrected chi connectivity index (χ0v) is 14.5. The molecule has 0 amide bonds. The number of nitrogens with zero attached hydrogens (tertiary/aromatic N) is 1. The second kappa shape index (κ2) is 7.93. The molecule has 0 aromatic carbocycles. The van der Waals surface area contributed by atoms with Crippen molar-refractivity contribution in [3.63, 3.8) is 0 Å². The van der Waals surface area contributed by atoms with E-state index in [2.05, 4.69) is 12.2 Å². The molecule has 0 radical (unpaired) electrons. The van der Waals surface area contributed by atoms with E-state index in [4.69, 9.17) is 0 Å². The molecule has 1 N–H and O–H groups in total. The highest BCUT2D eigenvalue weighted by molar-refractivity contribution is 7.89. The summed E-state index contributed by atoms with van der Waals surface area (Å²) < 4.78 is 25.9. The molecule has 0 bridgehead atoms. The quantitative estimate of drug-likeness (QED) is 0.820. The normalized spacial score (nSPS) is 29.6. The van der Waals surface area contributed by atoms with E-state index < -0.39 is 10.0 Å². The summed E-state index contributed by atoms with van der Waals surface area (Å²) in [4.78, 5) is 0. The molecule has 1 saturated heterocycles. The molecule has 2 rings (SSSR count). The van der Waals surface area contributed by atoms with Crippen LogP contribution in [0.5, 0.6) is 0 Å². The van der Waals surface area contributed by atoms with Crippen molar-refractivity contribution >= 4 is 10.0 Å². The molecule has 1 aliphatic heterocycles. The predicted molar refractivity (Wildman–Crippen MR) is 87.8 cm³/mol. The van der Waals surface area contributed by atoms with Crippen LogP contribution in [-0.2, 0) is 10.0 Å². The summed E-state index contributed by atoms with van der Waals surface area (Å²) in [5, 5.41) is 3.84. The van der Waals surface area contributed by atoms with Crippen LogP contribution in [0, 0.1) is 5.92 Å². The van der Waals surface area contributed by atoms with Crippen LogP contribution < -0.4 is 5.32 Å². The fourth-order valence-electron chi connectivity index (χ4n) is 3.91. The Morgan fingerprint density at radius 1 is 1.05 bits per heavy atom. The van der Waals surface area contributed by atoms with Crippen molar-refractivity contribution in [1.29, 1.82) is 0 Å². The molecule has 1 saturated carbocycles. The SMILES string of the molecule is CCCS(=O)(=O)N1CCC(NC2CCCCC2CC)CC1. The molecule has 2 atom stereocenters. The summed E-state index contributed by atoms with van der Waals surface area (Å²) in [6, 6.07) is 1.17. The summed E-state index contributed by atoms with van der Waals surface area (Å²) in [5.41, 5.74) is 0. The molecule has 1 aliphatic carbocycles. The van der Waals surface area contributed by atoms with E-state index in [1.807, 2.05) is 6.92 Å². The highest BCUT2D eigenvalue weighted by Gasteiger charge is 2.30. The lowest BCUT2D eigenvalue weighted by Crippen LogP contribution is -2.50. The molecule has 0 aromatic rings. The predicted octanol–water partition coefficient (Wildman–Crippen LogP) is 2.75. The largest absolute Gasteiger partial charge is 0.311 e. The van der Waals surface area contributed by atoms with Crippen molar-refractivity contribution < 1.29 is 8.42 Å². The summed E-state index contributed by atoms with van der Waals surface area (Å²) in [6.07, 6.45) is 9.29. The number of nitrogens with one attached hydrogen (secondary N) is 1. The summed E-state index contributed by atoms with van der Waals surface area (Å²) in [6.45, 7) is 5.62. The highest BCUT2D eigenvalue weighted by atomic mass is 32.2. The van der Waals surface area contributed by atoms with Crippen molar-refractivity contribution in [3.05, 3.63) is 0 Å². The monoisotopic (exact) mass is 316 g/mol. The van der Waals surface area contributed by atoms with Crippen molar-refractivity contribution in [2.75, 3.05) is 18.8 Å². The maximum absolute atomic E-state index is 12.1. The molecule has 2 fully saturated rings. The number of hydrogen-bond acceptors (Lipinski definition) is 3. The lowest BCUT2D eigenvalue weighted by molar-refractivity contribution is 0.204. The lowest BCUT2D eigenvalue weighted by atomic mass is 9.82. The third kappa shape index (κ3) is 4.67. The van der Waals surface area contributed by atoms with Gasteiger partial charge in [-0.2, -0.15) is 0 Å². The summed E-state index contributed by atoms with van der Waals surface area (Å²) >= 11 is 0. The Morgan fingerprint density at radius 2 is 1.71 bits per heavy atom. The summed E-state index contributed by atoms with van der Waals surface area (Å²) in [5.74, 6) is 1.12. The average molecular weight is 317 g/mol. The molecule has 1 heterocycles. The molecule has 5 heteroatoms. The third-order valence-corrected chi connectivity index (χ3v) is 7.27. The van der Waals surface area contributed by atoms with Gasteiger partial charge in [0, 0.05) is 25.2 Å². The van der Waals surface area contributed by atoms with Gasteiger partial charge in [-0.25, -0.2) is 12.7 Å². The van der Waals surface area contributed by atoms with Gasteiger partial charge in [0.15, 0.2) is 0 Å². The Morgan fingerprint density at radius 3 is 2.33 bits per heavy atom. The van der Waals surface area contributed by atoms with Gasteiger partial charge in [0.25, 0.3) is 0 Å². The molecular weight excluding hydrogens is 284 g/mol. The second-order valence-corrected chi connectivity index (χ2v) is 8.80. The van der Waals surface area contributed by atoms with Crippen molar-refractivity contribution in [2.24, 2.45) is 5.92 Å². The molecule has 124 valence electrons. The third-order valence-electron chi connectivity index (χ3n) is 5.19. The van der Waals surface area contributed by atoms with Gasteiger partial charge in [-0.15, -0.1) is 0 Å². The molecule has 2 aliphatic rings. The van der Waals surface area contributed by atoms with Crippen LogP contribution in [0.3, 0.4) is 0 Å². The molecule has 0 spiro atoms. The van der Waals surface area contributed by atoms with Gasteiger partial charge in [-0.1, -0.05) is 33.1 Å². The van der Waals surface area contributed by atoms with Crippen LogP contribution in [0.15, 0.2) is 0 Å². The number of rotatable bonds is 6. The first kappa shape index (κ1) is 17.2. The van der Waals surface area contributed by atoms with E-state index in [0.717, 1.165) is 18.8 Å². The van der Waals surface area contributed by atoms with E-state index in [-0.39, 0.29) is 0 Å². The van der Waals surface area contributed by atoms with Crippen LogP contribution in [0.1, 0.15) is 65.2 Å². The van der Waals surface area contributed by atoms with E-state index >= 15 is 0 Å². The topological polar surface area (TPSA) is 49.4 Å². The zero-order chi connectivity index (χ0) is 15.3. The van der Waals surface area contributed by atoms with E-state index in [9.17, 15) is 8.42 Å². The van der Waals surface area contributed by atoms with Gasteiger partial charge < -0.3 is 5.32 Å². The first-order valence-corrected chi connectivity index (χ1v) is 10.4. The maximum Gasteiger partial charge on any atom is 0.214 e. The van der Waals surface area contributed by atoms with E-state index in [1.165, 1.54) is 32.1 Å². The lowest BCUT2D eigenvalue weighted by Gasteiger charge is -2.38. The molecular formula is C16H32N2O2S. The van der Waals surface area contributed by atoms with Crippen LogP contribution >= 0.6 is 0 Å². The minimum absolute atomic E-state index is 0.297. The van der Waals surface area contributed by atoms with Crippen molar-refractivity contribution in [2.45, 2.75) is 77.3 Å². The first-order chi connectivity index (χ1) is 10.1. The first-order valence-electron chi connectivity index (χ1n) is 8.80. The summed E-state index contributed by atoms with van der Waals surface area (Å²) in [7, 11) is -3.00. The Kier molecular flexibility index (Phi) is 6.51. The van der Waals surface area contributed by atoms with Crippen LogP contribution in [0.2, 0.25) is 0 Å². The van der Waals surface area contributed by atoms with Gasteiger partial charge >= 0.3 is 0 Å². The number of sulfonamides is 1. The fraction of sp³-hybridized carbons (Fsp3) is 1.00. The molecule has 21 heavy (non-hydrogen) atoms. The van der Waals surface area contributed by atoms with Gasteiger partial charge in [-0.3, -0.25) is 0 Å². The van der Waals surface area contributed by atoms with E-state index in [0.29, 0.717) is 37.3 Å². The van der Waals surface area contributed by atoms with Gasteiger partial charge in [0.2, 0.25) is 10.0 Å². The van der Waals surface area contributed by atoms with Crippen molar-refractivity contribution in [1.82, 2.24) is 9.62 Å². The Hall–Kier alpha value is -0.130. The zero-order valence-electron chi connectivity index (χ0n) is 13.7. The van der Waals surface area contributed by atoms with Crippen LogP contribution in [0.4, 0.5) is 0 Å². The average Bonchev–Trinajstić information content (AvgIpc) is 2.48. The molecule has 4 nitrogen and oxygen atoms in total. The standard InChI is InChI=1S/C16H32N2O2S/c1-3-13-21(19,20)18-11-9-15(10-12-18)17-16-8-6-5-7-14(16)4-2/h14-17H,3-13H2,1-2H3. The fourth-order valence-corrected chi connectivity index (χ4v) is 5.45. The van der Waals surface area contributed by atoms with Gasteiger partial charge in [0.05, 0.1) is 5.75 Å². The smallest absolute Gasteiger partial charge is 0.214 e. The van der Waals surface area contributed by atoms with Crippen LogP contribution in [0.25, 0.3) is 0 Å². The van der Waals surface area contributed by atoms with Gasteiger partial charge in [0.1, 0.15) is 0 Å².